The minimum absolute atomic E-state index is 0.0924. The van der Waals surface area contributed by atoms with Crippen LogP contribution >= 0.6 is 15.9 Å². The Labute approximate surface area is 113 Å². The largest absolute Gasteiger partial charge is 0.488 e. The van der Waals surface area contributed by atoms with E-state index < -0.39 is 0 Å². The fraction of sp³-hybridized carbons (Fsp3) is 0.0714. The molecule has 0 unspecified atom stereocenters. The normalized spacial score (nSPS) is 10.1. The Kier molecular flexibility index (Phi) is 4.10. The second-order valence-corrected chi connectivity index (χ2v) is 4.60. The van der Waals surface area contributed by atoms with Crippen LogP contribution in [0.1, 0.15) is 15.9 Å². The summed E-state index contributed by atoms with van der Waals surface area (Å²) in [5.41, 5.74) is 0.887. The molecule has 0 aromatic heterocycles. The van der Waals surface area contributed by atoms with Crippen LogP contribution in [0, 0.1) is 5.82 Å². The molecule has 2 aromatic carbocycles. The first-order valence-electron chi connectivity index (χ1n) is 5.31. The maximum absolute atomic E-state index is 13.4. The van der Waals surface area contributed by atoms with Gasteiger partial charge in [-0.2, -0.15) is 0 Å². The number of hydrogen-bond donors (Lipinski definition) is 0. The van der Waals surface area contributed by atoms with Gasteiger partial charge in [0.1, 0.15) is 18.2 Å². The van der Waals surface area contributed by atoms with Gasteiger partial charge < -0.3 is 4.74 Å². The van der Waals surface area contributed by atoms with Crippen molar-refractivity contribution in [2.45, 2.75) is 6.61 Å². The van der Waals surface area contributed by atoms with Crippen LogP contribution < -0.4 is 4.74 Å². The van der Waals surface area contributed by atoms with Crippen molar-refractivity contribution in [1.82, 2.24) is 0 Å². The molecule has 0 aliphatic carbocycles. The Morgan fingerprint density at radius 2 is 2.00 bits per heavy atom. The monoisotopic (exact) mass is 308 g/mol. The molecule has 0 fully saturated rings. The van der Waals surface area contributed by atoms with Crippen molar-refractivity contribution < 1.29 is 13.9 Å². The summed E-state index contributed by atoms with van der Waals surface area (Å²) in [4.78, 5) is 10.9. The lowest BCUT2D eigenvalue weighted by Crippen LogP contribution is -2.00. The summed E-state index contributed by atoms with van der Waals surface area (Å²) in [5.74, 6) is 0.124. The van der Waals surface area contributed by atoms with Crippen LogP contribution in [-0.4, -0.2) is 6.29 Å². The van der Waals surface area contributed by atoms with E-state index in [-0.39, 0.29) is 12.4 Å². The zero-order valence-corrected chi connectivity index (χ0v) is 11.0. The number of carbonyl (C=O) groups excluding carboxylic acids is 1. The molecule has 0 atom stereocenters. The lowest BCUT2D eigenvalue weighted by molar-refractivity contribution is 0.111. The van der Waals surface area contributed by atoms with Gasteiger partial charge in [-0.1, -0.05) is 34.1 Å². The lowest BCUT2D eigenvalue weighted by atomic mass is 10.2. The summed E-state index contributed by atoms with van der Waals surface area (Å²) in [5, 5.41) is 0. The van der Waals surface area contributed by atoms with Gasteiger partial charge in [0, 0.05) is 10.0 Å². The molecule has 0 amide bonds. The molecule has 0 radical (unpaired) electrons. The summed E-state index contributed by atoms with van der Waals surface area (Å²) in [7, 11) is 0. The first-order valence-corrected chi connectivity index (χ1v) is 6.11. The number of rotatable bonds is 4. The molecule has 0 saturated carbocycles. The highest BCUT2D eigenvalue weighted by Crippen LogP contribution is 2.23. The van der Waals surface area contributed by atoms with E-state index in [4.69, 9.17) is 4.74 Å². The van der Waals surface area contributed by atoms with E-state index in [0.717, 1.165) is 4.47 Å². The van der Waals surface area contributed by atoms with Crippen molar-refractivity contribution in [3.05, 3.63) is 63.9 Å². The second-order valence-electron chi connectivity index (χ2n) is 3.68. The number of carbonyl (C=O) groups is 1. The fourth-order valence-electron chi connectivity index (χ4n) is 1.51. The van der Waals surface area contributed by atoms with E-state index in [1.165, 1.54) is 6.07 Å². The molecule has 2 nitrogen and oxygen atoms in total. The molecule has 0 spiro atoms. The molecule has 0 aliphatic rings. The van der Waals surface area contributed by atoms with Crippen LogP contribution in [0.2, 0.25) is 0 Å². The van der Waals surface area contributed by atoms with Gasteiger partial charge in [-0.05, 0) is 24.3 Å². The van der Waals surface area contributed by atoms with Gasteiger partial charge in [0.05, 0.1) is 5.56 Å². The third-order valence-electron chi connectivity index (χ3n) is 2.44. The zero-order valence-electron chi connectivity index (χ0n) is 9.40. The summed E-state index contributed by atoms with van der Waals surface area (Å²) < 4.78 is 19.6. The van der Waals surface area contributed by atoms with E-state index >= 15 is 0 Å². The zero-order chi connectivity index (χ0) is 13.0. The Balaban J connectivity index is 2.16. The van der Waals surface area contributed by atoms with Crippen LogP contribution in [0.3, 0.4) is 0 Å². The van der Waals surface area contributed by atoms with Gasteiger partial charge in [-0.25, -0.2) is 4.39 Å². The molecule has 2 rings (SSSR count). The van der Waals surface area contributed by atoms with E-state index in [0.29, 0.717) is 23.2 Å². The maximum Gasteiger partial charge on any atom is 0.153 e. The Morgan fingerprint density at radius 3 is 2.72 bits per heavy atom. The Morgan fingerprint density at radius 1 is 1.22 bits per heavy atom. The Bertz CT molecular complexity index is 569. The van der Waals surface area contributed by atoms with Gasteiger partial charge in [0.15, 0.2) is 6.29 Å². The number of halogens is 2. The van der Waals surface area contributed by atoms with E-state index in [1.807, 2.05) is 0 Å². The van der Waals surface area contributed by atoms with Gasteiger partial charge >= 0.3 is 0 Å². The SMILES string of the molecule is O=Cc1cc(Br)ccc1OCc1ccccc1F. The predicted octanol–water partition coefficient (Wildman–Crippen LogP) is 3.98. The number of ether oxygens (including phenoxy) is 1. The molecule has 0 aliphatic heterocycles. The number of hydrogen-bond acceptors (Lipinski definition) is 2. The molecule has 0 N–H and O–H groups in total. The van der Waals surface area contributed by atoms with Crippen molar-refractivity contribution in [2.75, 3.05) is 0 Å². The minimum atomic E-state index is -0.317. The molecule has 18 heavy (non-hydrogen) atoms. The number of benzene rings is 2. The van der Waals surface area contributed by atoms with Crippen molar-refractivity contribution in [1.29, 1.82) is 0 Å². The molecule has 0 bridgehead atoms. The first-order chi connectivity index (χ1) is 8.70. The second kappa shape index (κ2) is 5.78. The first kappa shape index (κ1) is 12.8. The van der Waals surface area contributed by atoms with Gasteiger partial charge in [0.2, 0.25) is 0 Å². The highest BCUT2D eigenvalue weighted by Gasteiger charge is 2.06. The van der Waals surface area contributed by atoms with Gasteiger partial charge in [-0.15, -0.1) is 0 Å². The molecule has 0 heterocycles. The lowest BCUT2D eigenvalue weighted by Gasteiger charge is -2.09. The maximum atomic E-state index is 13.4. The highest BCUT2D eigenvalue weighted by atomic mass is 79.9. The number of aldehydes is 1. The van der Waals surface area contributed by atoms with Gasteiger partial charge in [-0.3, -0.25) is 4.79 Å². The van der Waals surface area contributed by atoms with Crippen molar-refractivity contribution >= 4 is 22.2 Å². The van der Waals surface area contributed by atoms with E-state index in [1.54, 1.807) is 36.4 Å². The van der Waals surface area contributed by atoms with E-state index in [9.17, 15) is 9.18 Å². The molecule has 0 saturated heterocycles. The van der Waals surface area contributed by atoms with Crippen molar-refractivity contribution in [3.63, 3.8) is 0 Å². The molecular weight excluding hydrogens is 299 g/mol. The van der Waals surface area contributed by atoms with Crippen LogP contribution in [0.25, 0.3) is 0 Å². The van der Waals surface area contributed by atoms with Crippen molar-refractivity contribution in [2.24, 2.45) is 0 Å². The quantitative estimate of drug-likeness (QED) is 0.799. The van der Waals surface area contributed by atoms with Crippen molar-refractivity contribution in [3.8, 4) is 5.75 Å². The minimum Gasteiger partial charge on any atom is -0.488 e. The fourth-order valence-corrected chi connectivity index (χ4v) is 1.89. The highest BCUT2D eigenvalue weighted by molar-refractivity contribution is 9.10. The Hall–Kier alpha value is -1.68. The average molecular weight is 309 g/mol. The van der Waals surface area contributed by atoms with Crippen LogP contribution in [0.5, 0.6) is 5.75 Å². The third kappa shape index (κ3) is 2.96. The summed E-state index contributed by atoms with van der Waals surface area (Å²) in [6.07, 6.45) is 0.710. The topological polar surface area (TPSA) is 26.3 Å². The molecular formula is C14H10BrFO2. The van der Waals surface area contributed by atoms with Crippen LogP contribution in [0.4, 0.5) is 4.39 Å². The smallest absolute Gasteiger partial charge is 0.153 e. The molecule has 92 valence electrons. The average Bonchev–Trinajstić information content (AvgIpc) is 2.39. The summed E-state index contributed by atoms with van der Waals surface area (Å²) in [6, 6.07) is 11.5. The standard InChI is InChI=1S/C14H10BrFO2/c15-12-5-6-14(11(7-12)8-17)18-9-10-3-1-2-4-13(10)16/h1-8H,9H2. The van der Waals surface area contributed by atoms with Gasteiger partial charge in [0.25, 0.3) is 0 Å². The molecule has 4 heteroatoms. The van der Waals surface area contributed by atoms with Crippen LogP contribution in [-0.2, 0) is 6.61 Å². The van der Waals surface area contributed by atoms with Crippen LogP contribution in [0.15, 0.2) is 46.9 Å². The molecule has 2 aromatic rings. The summed E-state index contributed by atoms with van der Waals surface area (Å²) >= 11 is 3.27. The third-order valence-corrected chi connectivity index (χ3v) is 2.93. The van der Waals surface area contributed by atoms with E-state index in [2.05, 4.69) is 15.9 Å². The summed E-state index contributed by atoms with van der Waals surface area (Å²) in [6.45, 7) is 0.0924. The predicted molar refractivity (Wildman–Crippen MR) is 70.3 cm³/mol.